The molecule has 1 saturated heterocycles. The topological polar surface area (TPSA) is 61.3 Å². The first-order chi connectivity index (χ1) is 18.7. The summed E-state index contributed by atoms with van der Waals surface area (Å²) in [5.74, 6) is 0. The number of nitrogens with two attached hydrogens (primary N) is 2. The predicted molar refractivity (Wildman–Crippen MR) is 161 cm³/mol. The van der Waals surface area contributed by atoms with Gasteiger partial charge in [-0.2, -0.15) is 0 Å². The van der Waals surface area contributed by atoms with Crippen molar-refractivity contribution in [3.63, 3.8) is 0 Å². The van der Waals surface area contributed by atoms with Crippen molar-refractivity contribution in [2.24, 2.45) is 11.5 Å². The summed E-state index contributed by atoms with van der Waals surface area (Å²) in [6.45, 7) is 1.30. The lowest BCUT2D eigenvalue weighted by atomic mass is 9.57. The Labute approximate surface area is 229 Å². The maximum Gasteiger partial charge on any atom is 0.225 e. The van der Waals surface area contributed by atoms with Gasteiger partial charge in [0.25, 0.3) is 0 Å². The highest BCUT2D eigenvalue weighted by Gasteiger charge is 2.62. The normalized spacial score (nSPS) is 22.7. The van der Waals surface area contributed by atoms with Crippen LogP contribution in [0, 0.1) is 0 Å². The van der Waals surface area contributed by atoms with Gasteiger partial charge < -0.3 is 15.9 Å². The second-order valence-electron chi connectivity index (χ2n) is 10.6. The number of rotatable bonds is 10. The van der Waals surface area contributed by atoms with E-state index in [2.05, 4.69) is 121 Å². The highest BCUT2D eigenvalue weighted by atomic mass is 28.4. The van der Waals surface area contributed by atoms with Gasteiger partial charge in [0, 0.05) is 0 Å². The molecule has 0 saturated carbocycles. The van der Waals surface area contributed by atoms with Crippen LogP contribution in [0.4, 0.5) is 0 Å². The van der Waals surface area contributed by atoms with E-state index in [0.717, 1.165) is 37.8 Å². The summed E-state index contributed by atoms with van der Waals surface area (Å²) in [6, 6.07) is 46.1. The van der Waals surface area contributed by atoms with Crippen LogP contribution in [0.3, 0.4) is 0 Å². The Morgan fingerprint density at radius 1 is 0.605 bits per heavy atom. The van der Waals surface area contributed by atoms with Gasteiger partial charge in [-0.3, -0.25) is 0 Å². The Morgan fingerprint density at radius 2 is 1.08 bits per heavy atom. The molecule has 1 aliphatic heterocycles. The molecule has 0 bridgehead atoms. The molecule has 0 aromatic heterocycles. The van der Waals surface area contributed by atoms with E-state index in [9.17, 15) is 0 Å². The molecule has 4 aromatic carbocycles. The maximum atomic E-state index is 7.99. The van der Waals surface area contributed by atoms with Crippen LogP contribution in [0.1, 0.15) is 42.4 Å². The second-order valence-corrected chi connectivity index (χ2v) is 14.3. The van der Waals surface area contributed by atoms with E-state index in [1.807, 2.05) is 0 Å². The SMILES string of the molecule is NCCCC1(c2ccccc2)O[Si](CCCN)(c2ccccc2)CCC1(c1ccccc1)c1ccccc1. The fourth-order valence-corrected chi connectivity index (χ4v) is 11.4. The van der Waals surface area contributed by atoms with Gasteiger partial charge in [0.05, 0.1) is 11.0 Å². The zero-order valence-electron chi connectivity index (χ0n) is 22.3. The minimum atomic E-state index is -2.42. The van der Waals surface area contributed by atoms with Gasteiger partial charge in [0.15, 0.2) is 0 Å². The first-order valence-electron chi connectivity index (χ1n) is 14.0. The molecule has 1 heterocycles. The van der Waals surface area contributed by atoms with Crippen LogP contribution in [0.2, 0.25) is 12.1 Å². The second kappa shape index (κ2) is 11.8. The molecule has 1 fully saturated rings. The molecule has 4 aromatic rings. The Hall–Kier alpha value is -3.02. The van der Waals surface area contributed by atoms with E-state index in [1.165, 1.54) is 21.9 Å². The van der Waals surface area contributed by atoms with E-state index in [1.54, 1.807) is 0 Å². The monoisotopic (exact) mass is 520 g/mol. The number of hydrogen-bond donors (Lipinski definition) is 2. The molecule has 196 valence electrons. The van der Waals surface area contributed by atoms with E-state index in [0.29, 0.717) is 13.1 Å². The number of hydrogen-bond acceptors (Lipinski definition) is 3. The van der Waals surface area contributed by atoms with Crippen molar-refractivity contribution in [1.29, 1.82) is 0 Å². The van der Waals surface area contributed by atoms with Crippen molar-refractivity contribution < 1.29 is 4.43 Å². The van der Waals surface area contributed by atoms with Crippen LogP contribution in [-0.4, -0.2) is 21.4 Å². The molecule has 1 aliphatic rings. The summed E-state index contributed by atoms with van der Waals surface area (Å²) in [5.41, 5.74) is 15.3. The molecule has 0 amide bonds. The van der Waals surface area contributed by atoms with E-state index < -0.39 is 13.9 Å². The molecule has 0 radical (unpaired) electrons. The molecule has 2 atom stereocenters. The van der Waals surface area contributed by atoms with Crippen LogP contribution in [0.15, 0.2) is 121 Å². The Morgan fingerprint density at radius 3 is 1.58 bits per heavy atom. The third kappa shape index (κ3) is 4.67. The smallest absolute Gasteiger partial charge is 0.225 e. The van der Waals surface area contributed by atoms with E-state index in [4.69, 9.17) is 15.9 Å². The quantitative estimate of drug-likeness (QED) is 0.244. The molecule has 4 N–H and O–H groups in total. The Balaban J connectivity index is 1.83. The van der Waals surface area contributed by atoms with Crippen molar-refractivity contribution in [2.45, 2.75) is 48.8 Å². The summed E-state index contributed by atoms with van der Waals surface area (Å²) in [6.07, 6.45) is 3.70. The highest BCUT2D eigenvalue weighted by molar-refractivity contribution is 6.86. The van der Waals surface area contributed by atoms with Crippen LogP contribution in [0.25, 0.3) is 0 Å². The molecule has 4 heteroatoms. The number of benzene rings is 4. The minimum Gasteiger partial charge on any atom is -0.402 e. The predicted octanol–water partition coefficient (Wildman–Crippen LogP) is 6.23. The molecular weight excluding hydrogens is 480 g/mol. The van der Waals surface area contributed by atoms with Crippen molar-refractivity contribution in [3.05, 3.63) is 138 Å². The molecule has 38 heavy (non-hydrogen) atoms. The van der Waals surface area contributed by atoms with Gasteiger partial charge >= 0.3 is 0 Å². The Bertz CT molecular complexity index is 1230. The summed E-state index contributed by atoms with van der Waals surface area (Å²) in [4.78, 5) is 0. The van der Waals surface area contributed by atoms with Crippen LogP contribution in [-0.2, 0) is 15.4 Å². The van der Waals surface area contributed by atoms with Gasteiger partial charge in [-0.15, -0.1) is 0 Å². The lowest BCUT2D eigenvalue weighted by Crippen LogP contribution is -2.66. The summed E-state index contributed by atoms with van der Waals surface area (Å²) in [5, 5.41) is 1.37. The summed E-state index contributed by atoms with van der Waals surface area (Å²) in [7, 11) is -2.42. The van der Waals surface area contributed by atoms with Crippen molar-refractivity contribution in [2.75, 3.05) is 13.1 Å². The fraction of sp³-hybridized carbons (Fsp3) is 0.294. The lowest BCUT2D eigenvalue weighted by molar-refractivity contribution is -0.0390. The average molecular weight is 521 g/mol. The van der Waals surface area contributed by atoms with Crippen LogP contribution in [0.5, 0.6) is 0 Å². The highest BCUT2D eigenvalue weighted by Crippen LogP contribution is 2.60. The molecule has 0 aliphatic carbocycles. The van der Waals surface area contributed by atoms with Crippen molar-refractivity contribution >= 4 is 13.5 Å². The summed E-state index contributed by atoms with van der Waals surface area (Å²) < 4.78 is 7.99. The van der Waals surface area contributed by atoms with Crippen LogP contribution < -0.4 is 16.7 Å². The first kappa shape index (κ1) is 26.6. The lowest BCUT2D eigenvalue weighted by Gasteiger charge is -2.60. The minimum absolute atomic E-state index is 0.361. The van der Waals surface area contributed by atoms with E-state index >= 15 is 0 Å². The molecular formula is C34H40N2OSi. The van der Waals surface area contributed by atoms with Crippen molar-refractivity contribution in [1.82, 2.24) is 0 Å². The first-order valence-corrected chi connectivity index (χ1v) is 16.4. The summed E-state index contributed by atoms with van der Waals surface area (Å²) >= 11 is 0. The third-order valence-electron chi connectivity index (χ3n) is 8.55. The van der Waals surface area contributed by atoms with Crippen molar-refractivity contribution in [3.8, 4) is 0 Å². The van der Waals surface area contributed by atoms with Crippen LogP contribution >= 0.6 is 0 Å². The van der Waals surface area contributed by atoms with Gasteiger partial charge in [0.2, 0.25) is 8.32 Å². The zero-order chi connectivity index (χ0) is 26.3. The molecule has 2 unspecified atom stereocenters. The fourth-order valence-electron chi connectivity index (χ4n) is 6.86. The largest absolute Gasteiger partial charge is 0.402 e. The van der Waals surface area contributed by atoms with Gasteiger partial charge in [0.1, 0.15) is 0 Å². The van der Waals surface area contributed by atoms with E-state index in [-0.39, 0.29) is 5.41 Å². The maximum absolute atomic E-state index is 7.99. The molecule has 0 spiro atoms. The standard InChI is InChI=1S/C34H40N2OSi/c35-25-13-23-34(31-19-9-3-10-20-31)33(29-15-5-1-6-16-29,30-17-7-2-8-18-30)24-28-38(37-34,27-14-26-36)32-21-11-4-12-22-32/h1-12,15-22H,13-14,23-28,35-36H2. The van der Waals surface area contributed by atoms with Gasteiger partial charge in [-0.1, -0.05) is 121 Å². The molecule has 3 nitrogen and oxygen atoms in total. The molecule has 5 rings (SSSR count). The zero-order valence-corrected chi connectivity index (χ0v) is 23.3. The van der Waals surface area contributed by atoms with Gasteiger partial charge in [-0.05, 0) is 72.7 Å². The van der Waals surface area contributed by atoms with Gasteiger partial charge in [-0.25, -0.2) is 0 Å². The third-order valence-corrected chi connectivity index (χ3v) is 12.9. The average Bonchev–Trinajstić information content (AvgIpc) is 3.01. The Kier molecular flexibility index (Phi) is 8.25.